The Balaban J connectivity index is 1.32. The van der Waals surface area contributed by atoms with Crippen molar-refractivity contribution in [1.82, 2.24) is 5.32 Å². The van der Waals surface area contributed by atoms with E-state index in [1.807, 2.05) is 48.5 Å². The number of rotatable bonds is 14. The van der Waals surface area contributed by atoms with Gasteiger partial charge in [0.15, 0.2) is 0 Å². The number of esters is 1. The van der Waals surface area contributed by atoms with Crippen molar-refractivity contribution in [3.63, 3.8) is 0 Å². The van der Waals surface area contributed by atoms with Gasteiger partial charge in [0.1, 0.15) is 18.1 Å². The molecular formula is C30H34N2O5. The van der Waals surface area contributed by atoms with Gasteiger partial charge in [0.05, 0.1) is 24.3 Å². The summed E-state index contributed by atoms with van der Waals surface area (Å²) in [5, 5.41) is 32.6. The normalized spacial score (nSPS) is 11.5. The predicted octanol–water partition coefficient (Wildman–Crippen LogP) is 4.59. The van der Waals surface area contributed by atoms with Gasteiger partial charge in [0.25, 0.3) is 0 Å². The predicted molar refractivity (Wildman–Crippen MR) is 141 cm³/mol. The van der Waals surface area contributed by atoms with Crippen LogP contribution in [0.25, 0.3) is 0 Å². The van der Waals surface area contributed by atoms with Gasteiger partial charge in [0.2, 0.25) is 0 Å². The molecule has 194 valence electrons. The zero-order valence-electron chi connectivity index (χ0n) is 21.2. The van der Waals surface area contributed by atoms with Gasteiger partial charge in [-0.25, -0.2) is 0 Å². The molecule has 3 N–H and O–H groups in total. The molecule has 0 aliphatic rings. The summed E-state index contributed by atoms with van der Waals surface area (Å²) in [5.74, 6) is 0.442. The second-order valence-corrected chi connectivity index (χ2v) is 8.90. The number of nitriles is 1. The smallest absolute Gasteiger partial charge is 0.302 e. The fourth-order valence-electron chi connectivity index (χ4n) is 3.87. The molecule has 0 aromatic heterocycles. The van der Waals surface area contributed by atoms with E-state index in [-0.39, 0.29) is 12.4 Å². The maximum Gasteiger partial charge on any atom is 0.302 e. The van der Waals surface area contributed by atoms with Gasteiger partial charge >= 0.3 is 5.97 Å². The summed E-state index contributed by atoms with van der Waals surface area (Å²) in [4.78, 5) is 11.0. The molecule has 0 saturated carbocycles. The molecule has 0 amide bonds. The van der Waals surface area contributed by atoms with Crippen LogP contribution in [-0.2, 0) is 29.0 Å². The molecule has 3 aromatic rings. The van der Waals surface area contributed by atoms with Crippen LogP contribution in [0.2, 0.25) is 0 Å². The fraction of sp³-hybridized carbons (Fsp3) is 0.333. The Morgan fingerprint density at radius 1 is 1.03 bits per heavy atom. The Hall–Kier alpha value is -3.86. The van der Waals surface area contributed by atoms with Crippen molar-refractivity contribution in [2.45, 2.75) is 45.3 Å². The van der Waals surface area contributed by atoms with Crippen LogP contribution < -0.4 is 10.1 Å². The van der Waals surface area contributed by atoms with E-state index >= 15 is 0 Å². The number of hydrogen-bond donors (Lipinski definition) is 3. The van der Waals surface area contributed by atoms with Crippen LogP contribution >= 0.6 is 0 Å². The molecule has 0 fully saturated rings. The van der Waals surface area contributed by atoms with Crippen molar-refractivity contribution in [2.75, 3.05) is 19.7 Å². The highest BCUT2D eigenvalue weighted by Crippen LogP contribution is 2.23. The molecule has 3 rings (SSSR count). The lowest BCUT2D eigenvalue weighted by Crippen LogP contribution is -2.23. The number of hydrogen-bond acceptors (Lipinski definition) is 7. The molecule has 0 unspecified atom stereocenters. The lowest BCUT2D eigenvalue weighted by Gasteiger charge is -2.14. The van der Waals surface area contributed by atoms with E-state index in [0.717, 1.165) is 31.4 Å². The second kappa shape index (κ2) is 14.6. The van der Waals surface area contributed by atoms with Crippen molar-refractivity contribution in [1.29, 1.82) is 5.26 Å². The number of aromatic hydroxyl groups is 1. The number of ether oxygens (including phenoxy) is 2. The monoisotopic (exact) mass is 502 g/mol. The van der Waals surface area contributed by atoms with E-state index in [0.29, 0.717) is 36.4 Å². The highest BCUT2D eigenvalue weighted by atomic mass is 16.5. The molecule has 0 radical (unpaired) electrons. The summed E-state index contributed by atoms with van der Waals surface area (Å²) in [6, 6.07) is 22.7. The average Bonchev–Trinajstić information content (AvgIpc) is 2.91. The number of carbonyl (C=O) groups excluding carboxylic acids is 1. The first kappa shape index (κ1) is 27.7. The number of unbranched alkanes of at least 4 members (excludes halogenated alkanes) is 1. The van der Waals surface area contributed by atoms with Gasteiger partial charge < -0.3 is 25.0 Å². The van der Waals surface area contributed by atoms with Crippen LogP contribution in [0.5, 0.6) is 11.5 Å². The second-order valence-electron chi connectivity index (χ2n) is 8.90. The molecule has 37 heavy (non-hydrogen) atoms. The topological polar surface area (TPSA) is 112 Å². The maximum atomic E-state index is 11.0. The van der Waals surface area contributed by atoms with Gasteiger partial charge in [-0.05, 0) is 85.3 Å². The molecule has 0 spiro atoms. The number of phenols is 1. The SMILES string of the molecule is CC(=O)OCc1cc([C@@H](O)CNCCc2ccc(OCCCCc3cccc(C#N)c3)cc2)ccc1O. The molecule has 1 atom stereocenters. The van der Waals surface area contributed by atoms with Crippen LogP contribution in [0, 0.1) is 11.3 Å². The van der Waals surface area contributed by atoms with E-state index in [2.05, 4.69) is 11.4 Å². The summed E-state index contributed by atoms with van der Waals surface area (Å²) in [7, 11) is 0. The molecule has 7 heteroatoms. The largest absolute Gasteiger partial charge is 0.508 e. The van der Waals surface area contributed by atoms with Crippen molar-refractivity contribution < 1.29 is 24.5 Å². The lowest BCUT2D eigenvalue weighted by molar-refractivity contribution is -0.142. The van der Waals surface area contributed by atoms with Crippen LogP contribution in [0.1, 0.15) is 53.7 Å². The van der Waals surface area contributed by atoms with E-state index in [9.17, 15) is 15.0 Å². The van der Waals surface area contributed by atoms with E-state index < -0.39 is 12.1 Å². The Morgan fingerprint density at radius 2 is 1.84 bits per heavy atom. The molecule has 3 aromatic carbocycles. The number of aliphatic hydroxyl groups is 1. The van der Waals surface area contributed by atoms with Crippen molar-refractivity contribution in [2.24, 2.45) is 0 Å². The number of phenolic OH excluding ortho intramolecular Hbond substituents is 1. The van der Waals surface area contributed by atoms with Gasteiger partial charge in [-0.3, -0.25) is 4.79 Å². The Labute approximate surface area is 218 Å². The molecule has 0 heterocycles. The van der Waals surface area contributed by atoms with E-state index in [4.69, 9.17) is 14.7 Å². The fourth-order valence-corrected chi connectivity index (χ4v) is 3.87. The number of benzene rings is 3. The molecule has 7 nitrogen and oxygen atoms in total. The van der Waals surface area contributed by atoms with Crippen molar-refractivity contribution >= 4 is 5.97 Å². The van der Waals surface area contributed by atoms with Crippen molar-refractivity contribution in [3.05, 3.63) is 94.5 Å². The Morgan fingerprint density at radius 3 is 2.59 bits per heavy atom. The molecule has 0 saturated heterocycles. The van der Waals surface area contributed by atoms with Gasteiger partial charge in [-0.15, -0.1) is 0 Å². The quantitative estimate of drug-likeness (QED) is 0.218. The minimum Gasteiger partial charge on any atom is -0.508 e. The third-order valence-corrected chi connectivity index (χ3v) is 5.96. The summed E-state index contributed by atoms with van der Waals surface area (Å²) < 4.78 is 10.8. The Kier molecular flexibility index (Phi) is 11.0. The summed E-state index contributed by atoms with van der Waals surface area (Å²) >= 11 is 0. The van der Waals surface area contributed by atoms with Gasteiger partial charge in [-0.2, -0.15) is 5.26 Å². The third kappa shape index (κ3) is 9.60. The zero-order valence-corrected chi connectivity index (χ0v) is 21.2. The van der Waals surface area contributed by atoms with E-state index in [1.165, 1.54) is 24.1 Å². The lowest BCUT2D eigenvalue weighted by atomic mass is 10.1. The summed E-state index contributed by atoms with van der Waals surface area (Å²) in [6.07, 6.45) is 2.94. The van der Waals surface area contributed by atoms with Gasteiger partial charge in [0, 0.05) is 19.0 Å². The first-order chi connectivity index (χ1) is 17.9. The van der Waals surface area contributed by atoms with Crippen LogP contribution in [0.4, 0.5) is 0 Å². The average molecular weight is 503 g/mol. The molecule has 0 aliphatic carbocycles. The minimum atomic E-state index is -0.747. The highest BCUT2D eigenvalue weighted by Gasteiger charge is 2.11. The number of carbonyl (C=O) groups is 1. The summed E-state index contributed by atoms with van der Waals surface area (Å²) in [5.41, 5.74) is 4.14. The standard InChI is InChI=1S/C30H34N2O5/c1-22(33)37-21-27-18-26(10-13-29(27)34)30(35)20-32-15-14-23-8-11-28(12-9-23)36-16-3-2-5-24-6-4-7-25(17-24)19-31/h4,6-13,17-18,30,32,34-35H,2-3,5,14-16,20-21H2,1H3/t30-/m0/s1. The van der Waals surface area contributed by atoms with Crippen LogP contribution in [0.15, 0.2) is 66.7 Å². The number of nitrogens with one attached hydrogen (secondary N) is 1. The number of aliphatic hydroxyl groups excluding tert-OH is 1. The minimum absolute atomic E-state index is 0.0277. The summed E-state index contributed by atoms with van der Waals surface area (Å²) in [6.45, 7) is 2.98. The van der Waals surface area contributed by atoms with Crippen LogP contribution in [0.3, 0.4) is 0 Å². The number of nitrogens with zero attached hydrogens (tertiary/aromatic N) is 1. The first-order valence-corrected chi connectivity index (χ1v) is 12.5. The van der Waals surface area contributed by atoms with E-state index in [1.54, 1.807) is 12.1 Å². The molecule has 0 aliphatic heterocycles. The van der Waals surface area contributed by atoms with Crippen LogP contribution in [-0.4, -0.2) is 35.9 Å². The van der Waals surface area contributed by atoms with Gasteiger partial charge in [-0.1, -0.05) is 30.3 Å². The highest BCUT2D eigenvalue weighted by molar-refractivity contribution is 5.66. The first-order valence-electron chi connectivity index (χ1n) is 12.5. The zero-order chi connectivity index (χ0) is 26.5. The number of aryl methyl sites for hydroxylation is 1. The molecule has 0 bridgehead atoms. The Bertz CT molecular complexity index is 1190. The maximum absolute atomic E-state index is 11.0. The third-order valence-electron chi connectivity index (χ3n) is 5.96. The van der Waals surface area contributed by atoms with Crippen molar-refractivity contribution in [3.8, 4) is 17.6 Å². The molecular weight excluding hydrogens is 468 g/mol.